The van der Waals surface area contributed by atoms with E-state index in [0.717, 1.165) is 36.0 Å². The molecule has 1 N–H and O–H groups in total. The van der Waals surface area contributed by atoms with Gasteiger partial charge in [0.1, 0.15) is 6.73 Å². The zero-order valence-electron chi connectivity index (χ0n) is 17.4. The number of carbonyl (C=O) groups is 1. The van der Waals surface area contributed by atoms with Crippen LogP contribution in [-0.4, -0.2) is 30.4 Å². The minimum absolute atomic E-state index is 0.0733. The molecule has 29 heavy (non-hydrogen) atoms. The molecular weight excluding hydrogens is 398 g/mol. The van der Waals surface area contributed by atoms with Crippen molar-refractivity contribution in [2.75, 3.05) is 11.9 Å². The lowest BCUT2D eigenvalue weighted by molar-refractivity contribution is -0.114. The fourth-order valence-electron chi connectivity index (χ4n) is 3.62. The number of fused-ring (bicyclic) bond motifs is 3. The van der Waals surface area contributed by atoms with Gasteiger partial charge in [0, 0.05) is 55.3 Å². The first-order valence-electron chi connectivity index (χ1n) is 9.94. The topological polar surface area (TPSA) is 56.2 Å². The van der Waals surface area contributed by atoms with Gasteiger partial charge in [-0.15, -0.1) is 11.3 Å². The number of benzene rings is 1. The van der Waals surface area contributed by atoms with E-state index in [1.54, 1.807) is 11.3 Å². The molecule has 0 unspecified atom stereocenters. The first kappa shape index (κ1) is 20.1. The van der Waals surface area contributed by atoms with Crippen LogP contribution in [0.5, 0.6) is 0 Å². The molecule has 1 aromatic carbocycles. The number of aromatic nitrogens is 2. The molecule has 4 rings (SSSR count). The van der Waals surface area contributed by atoms with E-state index in [1.165, 1.54) is 28.6 Å². The summed E-state index contributed by atoms with van der Waals surface area (Å²) in [5.41, 5.74) is 6.48. The minimum Gasteiger partial charge on any atom is -0.360 e. The molecule has 0 atom stereocenters. The van der Waals surface area contributed by atoms with Gasteiger partial charge in [-0.2, -0.15) is 5.10 Å². The summed E-state index contributed by atoms with van der Waals surface area (Å²) in [5.74, 6) is -0.0733. The van der Waals surface area contributed by atoms with Crippen molar-refractivity contribution in [2.24, 2.45) is 0 Å². The van der Waals surface area contributed by atoms with Crippen molar-refractivity contribution in [2.45, 2.75) is 45.8 Å². The summed E-state index contributed by atoms with van der Waals surface area (Å²) in [7, 11) is -1.12. The molecule has 5 nitrogen and oxygen atoms in total. The molecule has 3 aromatic rings. The normalized spacial score (nSPS) is 12.7. The highest BCUT2D eigenvalue weighted by Gasteiger charge is 2.29. The molecule has 1 amide bonds. The Morgan fingerprint density at radius 1 is 1.31 bits per heavy atom. The van der Waals surface area contributed by atoms with Crippen molar-refractivity contribution in [1.82, 2.24) is 9.78 Å². The number of thiophene rings is 1. The fraction of sp³-hybridized carbons (Fsp3) is 0.364. The molecule has 1 aliphatic carbocycles. The molecule has 0 radical (unpaired) electrons. The van der Waals surface area contributed by atoms with Gasteiger partial charge in [0.25, 0.3) is 0 Å². The van der Waals surface area contributed by atoms with E-state index in [9.17, 15) is 4.79 Å². The highest BCUT2D eigenvalue weighted by Crippen LogP contribution is 2.44. The van der Waals surface area contributed by atoms with Crippen LogP contribution in [0.4, 0.5) is 5.69 Å². The van der Waals surface area contributed by atoms with Crippen molar-refractivity contribution in [3.8, 4) is 22.5 Å². The lowest BCUT2D eigenvalue weighted by Gasteiger charge is -2.15. The standard InChI is InChI=1S/C22H27N3O2SSi/c1-15(26)23-17-7-5-6-16(12-17)21-19-13-20-18(8-10-28-20)22(19)25(24-21)14-27-9-11-29(2,3)4/h5-8,10,12H,9,11,13-14H2,1-4H3,(H,23,26). The maximum absolute atomic E-state index is 11.4. The number of hydrogen-bond donors (Lipinski definition) is 1. The number of rotatable bonds is 7. The molecular formula is C22H27N3O2SSi. The molecule has 2 aromatic heterocycles. The van der Waals surface area contributed by atoms with Crippen LogP contribution in [0.25, 0.3) is 22.5 Å². The number of carbonyl (C=O) groups excluding carboxylic acids is 1. The SMILES string of the molecule is CC(=O)Nc1cccc(-c2nn(COCC[Si](C)(C)C)c3c2Cc2sccc2-3)c1. The third kappa shape index (κ3) is 4.37. The first-order valence-corrected chi connectivity index (χ1v) is 14.5. The smallest absolute Gasteiger partial charge is 0.221 e. The molecule has 0 aliphatic heterocycles. The van der Waals surface area contributed by atoms with Crippen LogP contribution >= 0.6 is 11.3 Å². The second kappa shape index (κ2) is 7.89. The Labute approximate surface area is 176 Å². The lowest BCUT2D eigenvalue weighted by Crippen LogP contribution is -2.22. The molecule has 7 heteroatoms. The van der Waals surface area contributed by atoms with Gasteiger partial charge in [-0.1, -0.05) is 31.8 Å². The highest BCUT2D eigenvalue weighted by molar-refractivity contribution is 7.10. The van der Waals surface area contributed by atoms with Crippen molar-refractivity contribution in [1.29, 1.82) is 0 Å². The van der Waals surface area contributed by atoms with Gasteiger partial charge in [0.2, 0.25) is 5.91 Å². The Bertz CT molecular complexity index is 1050. The largest absolute Gasteiger partial charge is 0.360 e. The van der Waals surface area contributed by atoms with E-state index < -0.39 is 8.07 Å². The van der Waals surface area contributed by atoms with Gasteiger partial charge in [0.05, 0.1) is 11.4 Å². The second-order valence-corrected chi connectivity index (χ2v) is 15.3. The lowest BCUT2D eigenvalue weighted by atomic mass is 10.1. The molecule has 1 aliphatic rings. The average Bonchev–Trinajstić information content (AvgIpc) is 3.29. The van der Waals surface area contributed by atoms with Gasteiger partial charge in [-0.05, 0) is 29.6 Å². The Kier molecular flexibility index (Phi) is 5.46. The number of amides is 1. The summed E-state index contributed by atoms with van der Waals surface area (Å²) in [5, 5.41) is 9.94. The summed E-state index contributed by atoms with van der Waals surface area (Å²) >= 11 is 1.80. The number of nitrogens with one attached hydrogen (secondary N) is 1. The zero-order valence-corrected chi connectivity index (χ0v) is 19.2. The van der Waals surface area contributed by atoms with Crippen molar-refractivity contribution < 1.29 is 9.53 Å². The number of nitrogens with zero attached hydrogens (tertiary/aromatic N) is 2. The third-order valence-corrected chi connectivity index (χ3v) is 7.68. The summed E-state index contributed by atoms with van der Waals surface area (Å²) in [4.78, 5) is 12.8. The van der Waals surface area contributed by atoms with Crippen LogP contribution in [0, 0.1) is 0 Å². The van der Waals surface area contributed by atoms with Gasteiger partial charge in [0.15, 0.2) is 0 Å². The van der Waals surface area contributed by atoms with Crippen LogP contribution in [0.15, 0.2) is 35.7 Å². The van der Waals surface area contributed by atoms with Gasteiger partial charge < -0.3 is 10.1 Å². The summed E-state index contributed by atoms with van der Waals surface area (Å²) in [6.45, 7) is 9.84. The summed E-state index contributed by atoms with van der Waals surface area (Å²) in [6.07, 6.45) is 0.900. The molecule has 2 heterocycles. The van der Waals surface area contributed by atoms with E-state index in [-0.39, 0.29) is 5.91 Å². The van der Waals surface area contributed by atoms with Crippen LogP contribution in [0.2, 0.25) is 25.7 Å². The van der Waals surface area contributed by atoms with Crippen molar-refractivity contribution in [3.05, 3.63) is 46.2 Å². The maximum Gasteiger partial charge on any atom is 0.221 e. The third-order valence-electron chi connectivity index (χ3n) is 5.05. The molecule has 0 bridgehead atoms. The fourth-order valence-corrected chi connectivity index (χ4v) is 5.26. The quantitative estimate of drug-likeness (QED) is 0.316. The van der Waals surface area contributed by atoms with E-state index in [1.807, 2.05) is 22.9 Å². The zero-order chi connectivity index (χ0) is 20.6. The molecule has 0 saturated carbocycles. The van der Waals surface area contributed by atoms with E-state index in [4.69, 9.17) is 9.84 Å². The Morgan fingerprint density at radius 2 is 2.14 bits per heavy atom. The maximum atomic E-state index is 11.4. The molecule has 0 spiro atoms. The molecule has 0 saturated heterocycles. The summed E-state index contributed by atoms with van der Waals surface area (Å²) < 4.78 is 8.03. The van der Waals surface area contributed by atoms with Crippen LogP contribution in [0.3, 0.4) is 0 Å². The van der Waals surface area contributed by atoms with E-state index in [2.05, 4.69) is 42.5 Å². The van der Waals surface area contributed by atoms with Crippen LogP contribution < -0.4 is 5.32 Å². The van der Waals surface area contributed by atoms with Gasteiger partial charge in [-0.3, -0.25) is 4.79 Å². The molecule has 0 fully saturated rings. The van der Waals surface area contributed by atoms with E-state index >= 15 is 0 Å². The highest BCUT2D eigenvalue weighted by atomic mass is 32.1. The predicted molar refractivity (Wildman–Crippen MR) is 122 cm³/mol. The minimum atomic E-state index is -1.12. The van der Waals surface area contributed by atoms with Crippen LogP contribution in [-0.2, 0) is 22.7 Å². The first-order chi connectivity index (χ1) is 13.8. The van der Waals surface area contributed by atoms with Crippen molar-refractivity contribution >= 4 is 31.0 Å². The Morgan fingerprint density at radius 3 is 2.90 bits per heavy atom. The van der Waals surface area contributed by atoms with Gasteiger partial charge in [-0.25, -0.2) is 4.68 Å². The number of hydrogen-bond acceptors (Lipinski definition) is 4. The Balaban J connectivity index is 1.65. The van der Waals surface area contributed by atoms with Crippen molar-refractivity contribution in [3.63, 3.8) is 0 Å². The number of ether oxygens (including phenoxy) is 1. The Hall–Kier alpha value is -2.22. The molecule has 152 valence electrons. The van der Waals surface area contributed by atoms with Gasteiger partial charge >= 0.3 is 0 Å². The van der Waals surface area contributed by atoms with Crippen LogP contribution in [0.1, 0.15) is 17.4 Å². The number of anilines is 1. The second-order valence-electron chi connectivity index (χ2n) is 8.72. The van der Waals surface area contributed by atoms with E-state index in [0.29, 0.717) is 6.73 Å². The summed E-state index contributed by atoms with van der Waals surface area (Å²) in [6, 6.07) is 11.2. The average molecular weight is 426 g/mol. The predicted octanol–water partition coefficient (Wildman–Crippen LogP) is 5.45. The monoisotopic (exact) mass is 425 g/mol.